The van der Waals surface area contributed by atoms with Crippen LogP contribution >= 0.6 is 0 Å². The first kappa shape index (κ1) is 12.5. The second-order valence-corrected chi connectivity index (χ2v) is 4.83. The Morgan fingerprint density at radius 2 is 1.82 bits per heavy atom. The summed E-state index contributed by atoms with van der Waals surface area (Å²) in [6, 6.07) is 15.9. The van der Waals surface area contributed by atoms with Crippen molar-refractivity contribution in [1.29, 1.82) is 0 Å². The van der Waals surface area contributed by atoms with Crippen molar-refractivity contribution < 1.29 is 4.52 Å². The molecule has 0 aliphatic heterocycles. The predicted molar refractivity (Wildman–Crippen MR) is 84.8 cm³/mol. The lowest BCUT2D eigenvalue weighted by molar-refractivity contribution is 0.419. The van der Waals surface area contributed by atoms with Crippen molar-refractivity contribution in [3.8, 4) is 11.4 Å². The van der Waals surface area contributed by atoms with Crippen LogP contribution in [0.4, 0.5) is 0 Å². The molecule has 2 aromatic carbocycles. The number of H-pyrrole nitrogens is 1. The van der Waals surface area contributed by atoms with E-state index < -0.39 is 0 Å². The van der Waals surface area contributed by atoms with E-state index in [1.807, 2.05) is 60.7 Å². The van der Waals surface area contributed by atoms with E-state index in [0.717, 1.165) is 27.7 Å². The highest BCUT2D eigenvalue weighted by Crippen LogP contribution is 2.23. The van der Waals surface area contributed by atoms with Gasteiger partial charge in [-0.25, -0.2) is 0 Å². The fourth-order valence-electron chi connectivity index (χ4n) is 2.42. The van der Waals surface area contributed by atoms with Crippen LogP contribution in [0.25, 0.3) is 34.4 Å². The number of aromatic amines is 1. The second-order valence-electron chi connectivity index (χ2n) is 4.83. The van der Waals surface area contributed by atoms with Gasteiger partial charge >= 0.3 is 0 Å². The maximum Gasteiger partial charge on any atom is 0.214 e. The van der Waals surface area contributed by atoms with Gasteiger partial charge in [0, 0.05) is 10.9 Å². The van der Waals surface area contributed by atoms with Gasteiger partial charge in [-0.1, -0.05) is 53.7 Å². The standard InChI is InChI=1S/C17H12N4O/c1-2-6-13(17-18-11-22-21-17)12(5-1)9-10-16-14-7-3-4-8-15(14)19-20-16/h1-11H,(H,19,20). The van der Waals surface area contributed by atoms with Crippen LogP contribution < -0.4 is 0 Å². The number of aromatic nitrogens is 4. The number of para-hydroxylation sites is 1. The fraction of sp³-hybridized carbons (Fsp3) is 0. The van der Waals surface area contributed by atoms with E-state index in [2.05, 4.69) is 20.3 Å². The van der Waals surface area contributed by atoms with Crippen molar-refractivity contribution in [3.63, 3.8) is 0 Å². The van der Waals surface area contributed by atoms with Gasteiger partial charge in [-0.15, -0.1) is 0 Å². The Hall–Kier alpha value is -3.21. The Kier molecular flexibility index (Phi) is 3.01. The molecule has 5 nitrogen and oxygen atoms in total. The third-order valence-corrected chi connectivity index (χ3v) is 3.48. The molecule has 22 heavy (non-hydrogen) atoms. The molecule has 106 valence electrons. The van der Waals surface area contributed by atoms with E-state index in [9.17, 15) is 0 Å². The molecule has 0 saturated heterocycles. The van der Waals surface area contributed by atoms with Gasteiger partial charge in [0.15, 0.2) is 0 Å². The Labute approximate surface area is 126 Å². The van der Waals surface area contributed by atoms with E-state index in [1.54, 1.807) is 0 Å². The second kappa shape index (κ2) is 5.29. The van der Waals surface area contributed by atoms with Crippen molar-refractivity contribution in [3.05, 3.63) is 66.2 Å². The highest BCUT2D eigenvalue weighted by molar-refractivity contribution is 5.90. The van der Waals surface area contributed by atoms with Crippen LogP contribution in [0.1, 0.15) is 11.3 Å². The zero-order chi connectivity index (χ0) is 14.8. The Bertz CT molecular complexity index is 938. The van der Waals surface area contributed by atoms with Crippen LogP contribution in [-0.4, -0.2) is 20.3 Å². The SMILES string of the molecule is C(=Cc1n[nH]c2ccccc12)c1ccccc1-c1ncon1. The molecule has 0 unspecified atom stereocenters. The number of nitrogens with one attached hydrogen (secondary N) is 1. The quantitative estimate of drug-likeness (QED) is 0.623. The number of fused-ring (bicyclic) bond motifs is 1. The Balaban J connectivity index is 1.75. The first-order chi connectivity index (χ1) is 10.9. The predicted octanol–water partition coefficient (Wildman–Crippen LogP) is 3.78. The number of benzene rings is 2. The van der Waals surface area contributed by atoms with Crippen LogP contribution in [0.5, 0.6) is 0 Å². The monoisotopic (exact) mass is 288 g/mol. The summed E-state index contributed by atoms with van der Waals surface area (Å²) in [7, 11) is 0. The summed E-state index contributed by atoms with van der Waals surface area (Å²) in [5, 5.41) is 12.4. The molecule has 0 aliphatic rings. The van der Waals surface area contributed by atoms with Crippen LogP contribution in [0.15, 0.2) is 59.4 Å². The number of hydrogen-bond acceptors (Lipinski definition) is 4. The van der Waals surface area contributed by atoms with E-state index in [4.69, 9.17) is 4.52 Å². The van der Waals surface area contributed by atoms with Gasteiger partial charge in [0.1, 0.15) is 0 Å². The third kappa shape index (κ3) is 2.18. The smallest absolute Gasteiger partial charge is 0.214 e. The molecule has 5 heteroatoms. The molecule has 0 atom stereocenters. The summed E-state index contributed by atoms with van der Waals surface area (Å²) in [4.78, 5) is 4.11. The first-order valence-corrected chi connectivity index (χ1v) is 6.89. The summed E-state index contributed by atoms with van der Waals surface area (Å²) >= 11 is 0. The molecule has 0 bridgehead atoms. The summed E-state index contributed by atoms with van der Waals surface area (Å²) in [5.41, 5.74) is 3.86. The highest BCUT2D eigenvalue weighted by Gasteiger charge is 2.07. The summed E-state index contributed by atoms with van der Waals surface area (Å²) < 4.78 is 4.83. The van der Waals surface area contributed by atoms with E-state index >= 15 is 0 Å². The van der Waals surface area contributed by atoms with Crippen LogP contribution in [0, 0.1) is 0 Å². The van der Waals surface area contributed by atoms with E-state index in [1.165, 1.54) is 6.39 Å². The minimum absolute atomic E-state index is 0.576. The molecule has 2 heterocycles. The highest BCUT2D eigenvalue weighted by atomic mass is 16.5. The molecule has 0 spiro atoms. The van der Waals surface area contributed by atoms with Crippen molar-refractivity contribution in [2.24, 2.45) is 0 Å². The van der Waals surface area contributed by atoms with Gasteiger partial charge in [-0.2, -0.15) is 10.1 Å². The molecule has 4 aromatic rings. The lowest BCUT2D eigenvalue weighted by atomic mass is 10.1. The molecule has 2 aromatic heterocycles. The maximum absolute atomic E-state index is 4.83. The van der Waals surface area contributed by atoms with Crippen LogP contribution in [0.3, 0.4) is 0 Å². The van der Waals surface area contributed by atoms with Gasteiger partial charge in [0.25, 0.3) is 0 Å². The molecule has 4 rings (SSSR count). The molecule has 0 saturated carbocycles. The number of hydrogen-bond donors (Lipinski definition) is 1. The van der Waals surface area contributed by atoms with Gasteiger partial charge < -0.3 is 4.52 Å². The van der Waals surface area contributed by atoms with Gasteiger partial charge in [0.2, 0.25) is 12.2 Å². The van der Waals surface area contributed by atoms with Crippen molar-refractivity contribution in [2.75, 3.05) is 0 Å². The van der Waals surface area contributed by atoms with E-state index in [0.29, 0.717) is 5.82 Å². The van der Waals surface area contributed by atoms with E-state index in [-0.39, 0.29) is 0 Å². The van der Waals surface area contributed by atoms with Crippen LogP contribution in [-0.2, 0) is 0 Å². The number of rotatable bonds is 3. The molecule has 0 radical (unpaired) electrons. The third-order valence-electron chi connectivity index (χ3n) is 3.48. The lowest BCUT2D eigenvalue weighted by Crippen LogP contribution is -1.84. The Morgan fingerprint density at radius 3 is 2.73 bits per heavy atom. The first-order valence-electron chi connectivity index (χ1n) is 6.89. The summed E-state index contributed by atoms with van der Waals surface area (Å²) in [6.45, 7) is 0. The van der Waals surface area contributed by atoms with Crippen molar-refractivity contribution in [1.82, 2.24) is 20.3 Å². The van der Waals surface area contributed by atoms with Crippen molar-refractivity contribution >= 4 is 23.1 Å². The van der Waals surface area contributed by atoms with Gasteiger partial charge in [-0.05, 0) is 17.7 Å². The number of nitrogens with zero attached hydrogens (tertiary/aromatic N) is 3. The molecule has 0 fully saturated rings. The Morgan fingerprint density at radius 1 is 0.955 bits per heavy atom. The average molecular weight is 288 g/mol. The maximum atomic E-state index is 4.83. The normalized spacial score (nSPS) is 11.5. The topological polar surface area (TPSA) is 67.6 Å². The zero-order valence-corrected chi connectivity index (χ0v) is 11.6. The molecule has 0 aliphatic carbocycles. The zero-order valence-electron chi connectivity index (χ0n) is 11.6. The molecule has 0 amide bonds. The van der Waals surface area contributed by atoms with Gasteiger partial charge in [0.05, 0.1) is 11.2 Å². The lowest BCUT2D eigenvalue weighted by Gasteiger charge is -2.00. The summed E-state index contributed by atoms with van der Waals surface area (Å²) in [6.07, 6.45) is 5.32. The minimum Gasteiger partial charge on any atom is -0.342 e. The molecular weight excluding hydrogens is 276 g/mol. The fourth-order valence-corrected chi connectivity index (χ4v) is 2.42. The van der Waals surface area contributed by atoms with Crippen molar-refractivity contribution in [2.45, 2.75) is 0 Å². The van der Waals surface area contributed by atoms with Crippen LogP contribution in [0.2, 0.25) is 0 Å². The molecule has 1 N–H and O–H groups in total. The summed E-state index contributed by atoms with van der Waals surface area (Å²) in [5.74, 6) is 0.576. The largest absolute Gasteiger partial charge is 0.342 e. The van der Waals surface area contributed by atoms with Gasteiger partial charge in [-0.3, -0.25) is 5.10 Å². The minimum atomic E-state index is 0.576. The average Bonchev–Trinajstić information content (AvgIpc) is 3.23. The molecular formula is C17H12N4O.